The molecule has 4 heteroatoms. The van der Waals surface area contributed by atoms with Crippen molar-refractivity contribution in [1.29, 1.82) is 0 Å². The largest absolute Gasteiger partial charge is 0.370 e. The van der Waals surface area contributed by atoms with Crippen molar-refractivity contribution in [3.63, 3.8) is 0 Å². The normalized spacial score (nSPS) is 15.1. The summed E-state index contributed by atoms with van der Waals surface area (Å²) in [7, 11) is 0. The Hall–Kier alpha value is -1.06. The van der Waals surface area contributed by atoms with Crippen LogP contribution in [0.5, 0.6) is 0 Å². The summed E-state index contributed by atoms with van der Waals surface area (Å²) in [6, 6.07) is 0. The molecule has 0 aromatic heterocycles. The molecule has 3 N–H and O–H groups in total. The minimum Gasteiger partial charge on any atom is -0.370 e. The van der Waals surface area contributed by atoms with Gasteiger partial charge in [0.15, 0.2) is 0 Å². The SMILES string of the molecule is CC(N)=O.O=C1CCCN1. The van der Waals surface area contributed by atoms with Crippen molar-refractivity contribution >= 4 is 11.8 Å². The van der Waals surface area contributed by atoms with Gasteiger partial charge in [0.05, 0.1) is 0 Å². The van der Waals surface area contributed by atoms with E-state index in [1.54, 1.807) is 0 Å². The second-order valence-electron chi connectivity index (χ2n) is 2.06. The highest BCUT2D eigenvalue weighted by molar-refractivity contribution is 5.77. The topological polar surface area (TPSA) is 72.2 Å². The number of primary amides is 1. The van der Waals surface area contributed by atoms with E-state index in [1.165, 1.54) is 6.92 Å². The molecule has 1 saturated heterocycles. The quantitative estimate of drug-likeness (QED) is 0.476. The monoisotopic (exact) mass is 144 g/mol. The van der Waals surface area contributed by atoms with Gasteiger partial charge in [-0.05, 0) is 6.42 Å². The Balaban J connectivity index is 0.000000180. The maximum Gasteiger partial charge on any atom is 0.220 e. The standard InChI is InChI=1S/C4H7NO.C2H5NO/c6-4-2-1-3-5-4;1-2(3)4/h1-3H2,(H,5,6);1H3,(H2,3,4). The van der Waals surface area contributed by atoms with Crippen molar-refractivity contribution in [3.05, 3.63) is 0 Å². The van der Waals surface area contributed by atoms with Gasteiger partial charge in [-0.3, -0.25) is 9.59 Å². The fourth-order valence-electron chi connectivity index (χ4n) is 0.565. The summed E-state index contributed by atoms with van der Waals surface area (Å²) in [5, 5.41) is 2.68. The lowest BCUT2D eigenvalue weighted by molar-refractivity contribution is -0.119. The second kappa shape index (κ2) is 4.78. The maximum atomic E-state index is 10.1. The molecule has 2 amide bonds. The van der Waals surface area contributed by atoms with Crippen molar-refractivity contribution in [2.24, 2.45) is 5.73 Å². The predicted octanol–water partition coefficient (Wildman–Crippen LogP) is -0.612. The van der Waals surface area contributed by atoms with Gasteiger partial charge in [0.1, 0.15) is 0 Å². The zero-order valence-corrected chi connectivity index (χ0v) is 6.02. The molecule has 1 heterocycles. The predicted molar refractivity (Wildman–Crippen MR) is 37.1 cm³/mol. The molecular weight excluding hydrogens is 132 g/mol. The number of carbonyl (C=O) groups excluding carboxylic acids is 2. The Kier molecular flexibility index (Phi) is 4.28. The van der Waals surface area contributed by atoms with E-state index in [0.717, 1.165) is 19.4 Å². The molecule has 10 heavy (non-hydrogen) atoms. The van der Waals surface area contributed by atoms with Crippen molar-refractivity contribution in [2.45, 2.75) is 19.8 Å². The molecule has 0 radical (unpaired) electrons. The highest BCUT2D eigenvalue weighted by atomic mass is 16.2. The molecule has 0 aromatic carbocycles. The summed E-state index contributed by atoms with van der Waals surface area (Å²) in [6.45, 7) is 2.19. The highest BCUT2D eigenvalue weighted by Crippen LogP contribution is 1.93. The van der Waals surface area contributed by atoms with E-state index in [4.69, 9.17) is 0 Å². The van der Waals surface area contributed by atoms with Crippen molar-refractivity contribution < 1.29 is 9.59 Å². The molecule has 0 aliphatic carbocycles. The average Bonchev–Trinajstić information content (AvgIpc) is 2.15. The summed E-state index contributed by atoms with van der Waals surface area (Å²) < 4.78 is 0. The van der Waals surface area contributed by atoms with Crippen LogP contribution >= 0.6 is 0 Å². The number of nitrogens with two attached hydrogens (primary N) is 1. The first-order chi connectivity index (χ1) is 4.63. The van der Waals surface area contributed by atoms with Crippen LogP contribution in [0.1, 0.15) is 19.8 Å². The minimum absolute atomic E-state index is 0.204. The number of hydrogen-bond donors (Lipinski definition) is 2. The second-order valence-corrected chi connectivity index (χ2v) is 2.06. The average molecular weight is 144 g/mol. The third-order valence-electron chi connectivity index (χ3n) is 0.903. The first-order valence-corrected chi connectivity index (χ1v) is 3.15. The van der Waals surface area contributed by atoms with Crippen LogP contribution in [0.3, 0.4) is 0 Å². The maximum absolute atomic E-state index is 10.1. The zero-order valence-electron chi connectivity index (χ0n) is 6.02. The fourth-order valence-corrected chi connectivity index (χ4v) is 0.565. The summed E-state index contributed by atoms with van der Waals surface area (Å²) in [6.07, 6.45) is 1.76. The van der Waals surface area contributed by atoms with E-state index < -0.39 is 0 Å². The fraction of sp³-hybridized carbons (Fsp3) is 0.667. The third kappa shape index (κ3) is 6.94. The Labute approximate surface area is 59.8 Å². The summed E-state index contributed by atoms with van der Waals surface area (Å²) in [5.41, 5.74) is 4.47. The van der Waals surface area contributed by atoms with Gasteiger partial charge in [-0.1, -0.05) is 0 Å². The lowest BCUT2D eigenvalue weighted by Gasteiger charge is -1.80. The first-order valence-electron chi connectivity index (χ1n) is 3.15. The zero-order chi connectivity index (χ0) is 7.98. The minimum atomic E-state index is -0.333. The molecule has 1 rings (SSSR count). The molecule has 0 saturated carbocycles. The third-order valence-corrected chi connectivity index (χ3v) is 0.903. The molecule has 58 valence electrons. The van der Waals surface area contributed by atoms with Gasteiger partial charge in [0.2, 0.25) is 11.8 Å². The van der Waals surface area contributed by atoms with E-state index in [0.29, 0.717) is 0 Å². The van der Waals surface area contributed by atoms with Crippen molar-refractivity contribution in [2.75, 3.05) is 6.54 Å². The van der Waals surface area contributed by atoms with Crippen LogP contribution in [0.15, 0.2) is 0 Å². The van der Waals surface area contributed by atoms with Crippen LogP contribution in [0.25, 0.3) is 0 Å². The highest BCUT2D eigenvalue weighted by Gasteiger charge is 2.05. The smallest absolute Gasteiger partial charge is 0.220 e. The number of carbonyl (C=O) groups is 2. The van der Waals surface area contributed by atoms with Gasteiger partial charge < -0.3 is 11.1 Å². The first kappa shape index (κ1) is 8.94. The van der Waals surface area contributed by atoms with E-state index in [2.05, 4.69) is 11.1 Å². The van der Waals surface area contributed by atoms with E-state index in [9.17, 15) is 9.59 Å². The van der Waals surface area contributed by atoms with Crippen molar-refractivity contribution in [1.82, 2.24) is 5.32 Å². The number of amides is 2. The number of hydrogen-bond acceptors (Lipinski definition) is 2. The van der Waals surface area contributed by atoms with E-state index in [-0.39, 0.29) is 11.8 Å². The molecule has 1 fully saturated rings. The van der Waals surface area contributed by atoms with Gasteiger partial charge in [-0.2, -0.15) is 0 Å². The molecule has 0 aromatic rings. The number of rotatable bonds is 0. The molecule has 1 aliphatic heterocycles. The van der Waals surface area contributed by atoms with E-state index >= 15 is 0 Å². The summed E-state index contributed by atoms with van der Waals surface area (Å²) in [5.74, 6) is -0.130. The van der Waals surface area contributed by atoms with Crippen LogP contribution in [-0.2, 0) is 9.59 Å². The van der Waals surface area contributed by atoms with Crippen LogP contribution < -0.4 is 11.1 Å². The Bertz CT molecular complexity index is 122. The van der Waals surface area contributed by atoms with Gasteiger partial charge in [0.25, 0.3) is 0 Å². The molecule has 0 unspecified atom stereocenters. The lowest BCUT2D eigenvalue weighted by Crippen LogP contribution is -2.12. The van der Waals surface area contributed by atoms with Crippen LogP contribution in [0.4, 0.5) is 0 Å². The number of nitrogens with one attached hydrogen (secondary N) is 1. The Morgan fingerprint density at radius 1 is 1.70 bits per heavy atom. The lowest BCUT2D eigenvalue weighted by atomic mass is 10.4. The molecule has 0 atom stereocenters. The Morgan fingerprint density at radius 2 is 2.20 bits per heavy atom. The van der Waals surface area contributed by atoms with Crippen LogP contribution in [-0.4, -0.2) is 18.4 Å². The van der Waals surface area contributed by atoms with Gasteiger partial charge in [0, 0.05) is 19.9 Å². The van der Waals surface area contributed by atoms with Crippen LogP contribution in [0.2, 0.25) is 0 Å². The van der Waals surface area contributed by atoms with Crippen molar-refractivity contribution in [3.8, 4) is 0 Å². The summed E-state index contributed by atoms with van der Waals surface area (Å²) >= 11 is 0. The molecule has 1 aliphatic rings. The summed E-state index contributed by atoms with van der Waals surface area (Å²) in [4.78, 5) is 19.4. The Morgan fingerprint density at radius 3 is 2.30 bits per heavy atom. The van der Waals surface area contributed by atoms with Gasteiger partial charge in [-0.15, -0.1) is 0 Å². The molecule has 0 spiro atoms. The van der Waals surface area contributed by atoms with Crippen LogP contribution in [0, 0.1) is 0 Å². The molecular formula is C6H12N2O2. The van der Waals surface area contributed by atoms with Gasteiger partial charge >= 0.3 is 0 Å². The molecule has 4 nitrogen and oxygen atoms in total. The molecule has 0 bridgehead atoms. The van der Waals surface area contributed by atoms with Gasteiger partial charge in [-0.25, -0.2) is 0 Å². The van der Waals surface area contributed by atoms with E-state index in [1.807, 2.05) is 0 Å².